The normalized spacial score (nSPS) is 15.2. The number of ether oxygens (including phenoxy) is 1. The van der Waals surface area contributed by atoms with Crippen molar-refractivity contribution in [3.05, 3.63) is 42.0 Å². The van der Waals surface area contributed by atoms with Gasteiger partial charge in [-0.05, 0) is 55.9 Å². The highest BCUT2D eigenvalue weighted by molar-refractivity contribution is 14.0. The van der Waals surface area contributed by atoms with Crippen molar-refractivity contribution < 1.29 is 13.5 Å². The van der Waals surface area contributed by atoms with Gasteiger partial charge in [-0.25, -0.2) is 9.37 Å². The molecule has 30 heavy (non-hydrogen) atoms. The number of hydrogen-bond acceptors (Lipinski definition) is 4. The summed E-state index contributed by atoms with van der Waals surface area (Å²) in [6.07, 6.45) is 7.17. The van der Waals surface area contributed by atoms with Crippen LogP contribution in [0.5, 0.6) is 0 Å². The molecular formula is C22H32FIN4O2. The molecule has 6 nitrogen and oxygen atoms in total. The van der Waals surface area contributed by atoms with Crippen LogP contribution in [-0.2, 0) is 11.2 Å². The first kappa shape index (κ1) is 24.6. The van der Waals surface area contributed by atoms with Crippen LogP contribution < -0.4 is 10.6 Å². The SMILES string of the molecule is CCNC(=NCC1(CCOC)CCC1)NCCc1coc(-c2ccc(F)cc2)n1.I. The molecule has 1 fully saturated rings. The summed E-state index contributed by atoms with van der Waals surface area (Å²) in [6.45, 7) is 5.20. The molecule has 0 unspecified atom stereocenters. The zero-order valence-corrected chi connectivity index (χ0v) is 20.1. The van der Waals surface area contributed by atoms with Crippen molar-refractivity contribution in [1.82, 2.24) is 15.6 Å². The predicted octanol–water partition coefficient (Wildman–Crippen LogP) is 4.40. The molecule has 1 aromatic carbocycles. The van der Waals surface area contributed by atoms with E-state index in [1.807, 2.05) is 0 Å². The van der Waals surface area contributed by atoms with Crippen LogP contribution in [0.2, 0.25) is 0 Å². The third-order valence-electron chi connectivity index (χ3n) is 5.48. The van der Waals surface area contributed by atoms with E-state index in [9.17, 15) is 4.39 Å². The Kier molecular flexibility index (Phi) is 10.0. The van der Waals surface area contributed by atoms with Crippen molar-refractivity contribution in [2.75, 3.05) is 33.4 Å². The third kappa shape index (κ3) is 6.94. The van der Waals surface area contributed by atoms with E-state index >= 15 is 0 Å². The quantitative estimate of drug-likeness (QED) is 0.271. The second kappa shape index (κ2) is 12.2. The number of aliphatic imine (C=N–C) groups is 1. The molecule has 0 atom stereocenters. The summed E-state index contributed by atoms with van der Waals surface area (Å²) >= 11 is 0. The average molecular weight is 530 g/mol. The highest BCUT2D eigenvalue weighted by atomic mass is 127. The molecule has 0 saturated heterocycles. The van der Waals surface area contributed by atoms with Crippen LogP contribution in [0, 0.1) is 11.2 Å². The molecule has 166 valence electrons. The maximum absolute atomic E-state index is 13.1. The minimum Gasteiger partial charge on any atom is -0.444 e. The van der Waals surface area contributed by atoms with E-state index in [0.29, 0.717) is 24.3 Å². The van der Waals surface area contributed by atoms with Gasteiger partial charge in [-0.15, -0.1) is 24.0 Å². The van der Waals surface area contributed by atoms with Crippen LogP contribution in [0.25, 0.3) is 11.5 Å². The Morgan fingerprint density at radius 2 is 2.03 bits per heavy atom. The summed E-state index contributed by atoms with van der Waals surface area (Å²) in [5, 5.41) is 6.69. The van der Waals surface area contributed by atoms with Gasteiger partial charge in [0.1, 0.15) is 12.1 Å². The smallest absolute Gasteiger partial charge is 0.226 e. The summed E-state index contributed by atoms with van der Waals surface area (Å²) in [5.74, 6) is 1.06. The van der Waals surface area contributed by atoms with Crippen molar-refractivity contribution >= 4 is 29.9 Å². The van der Waals surface area contributed by atoms with Gasteiger partial charge in [0.25, 0.3) is 0 Å². The lowest BCUT2D eigenvalue weighted by atomic mass is 9.67. The Bertz CT molecular complexity index is 791. The summed E-state index contributed by atoms with van der Waals surface area (Å²) in [4.78, 5) is 9.30. The Morgan fingerprint density at radius 3 is 2.67 bits per heavy atom. The minimum absolute atomic E-state index is 0. The van der Waals surface area contributed by atoms with E-state index in [4.69, 9.17) is 14.1 Å². The topological polar surface area (TPSA) is 71.7 Å². The molecule has 2 aromatic rings. The van der Waals surface area contributed by atoms with Gasteiger partial charge in [-0.1, -0.05) is 6.42 Å². The van der Waals surface area contributed by atoms with E-state index in [1.165, 1.54) is 31.4 Å². The molecule has 0 aliphatic heterocycles. The Labute approximate surface area is 195 Å². The Hall–Kier alpha value is -1.68. The average Bonchev–Trinajstić information content (AvgIpc) is 3.16. The van der Waals surface area contributed by atoms with Crippen molar-refractivity contribution in [2.45, 2.75) is 39.0 Å². The van der Waals surface area contributed by atoms with Gasteiger partial charge in [-0.2, -0.15) is 0 Å². The fourth-order valence-electron chi connectivity index (χ4n) is 3.53. The lowest BCUT2D eigenvalue weighted by Gasteiger charge is -2.40. The Morgan fingerprint density at radius 1 is 1.27 bits per heavy atom. The van der Waals surface area contributed by atoms with Crippen molar-refractivity contribution in [3.8, 4) is 11.5 Å². The van der Waals surface area contributed by atoms with Gasteiger partial charge < -0.3 is 19.8 Å². The molecule has 8 heteroatoms. The number of guanidine groups is 1. The number of hydrogen-bond donors (Lipinski definition) is 2. The molecule has 0 spiro atoms. The third-order valence-corrected chi connectivity index (χ3v) is 5.48. The van der Waals surface area contributed by atoms with E-state index in [0.717, 1.165) is 43.3 Å². The van der Waals surface area contributed by atoms with Gasteiger partial charge in [-0.3, -0.25) is 4.99 Å². The molecule has 1 aromatic heterocycles. The van der Waals surface area contributed by atoms with E-state index in [-0.39, 0.29) is 29.8 Å². The maximum atomic E-state index is 13.1. The highest BCUT2D eigenvalue weighted by Gasteiger charge is 2.36. The standard InChI is InChI=1S/C22H31FN4O2.HI/c1-3-24-21(26-16-22(10-4-11-22)12-14-28-2)25-13-9-19-15-29-20(27-19)17-5-7-18(23)8-6-17;/h5-8,15H,3-4,9-14,16H2,1-2H3,(H2,24,25,26);1H. The largest absolute Gasteiger partial charge is 0.444 e. The van der Waals surface area contributed by atoms with E-state index in [1.54, 1.807) is 25.5 Å². The molecule has 2 N–H and O–H groups in total. The van der Waals surface area contributed by atoms with Gasteiger partial charge in [0.05, 0.1) is 5.69 Å². The lowest BCUT2D eigenvalue weighted by Crippen LogP contribution is -2.41. The number of oxazole rings is 1. The first-order valence-electron chi connectivity index (χ1n) is 10.4. The molecule has 1 saturated carbocycles. The highest BCUT2D eigenvalue weighted by Crippen LogP contribution is 2.44. The van der Waals surface area contributed by atoms with Gasteiger partial charge in [0, 0.05) is 45.3 Å². The summed E-state index contributed by atoms with van der Waals surface area (Å²) in [6, 6.07) is 6.14. The predicted molar refractivity (Wildman–Crippen MR) is 128 cm³/mol. The second-order valence-corrected chi connectivity index (χ2v) is 7.62. The van der Waals surface area contributed by atoms with Crippen LogP contribution in [0.3, 0.4) is 0 Å². The van der Waals surface area contributed by atoms with Gasteiger partial charge in [0.2, 0.25) is 5.89 Å². The zero-order valence-electron chi connectivity index (χ0n) is 17.7. The summed E-state index contributed by atoms with van der Waals surface area (Å²) < 4.78 is 23.8. The monoisotopic (exact) mass is 530 g/mol. The molecule has 0 radical (unpaired) electrons. The number of methoxy groups -OCH3 is 1. The molecule has 1 aliphatic rings. The summed E-state index contributed by atoms with van der Waals surface area (Å²) in [7, 11) is 1.76. The van der Waals surface area contributed by atoms with E-state index < -0.39 is 0 Å². The number of benzene rings is 1. The van der Waals surface area contributed by atoms with Crippen LogP contribution in [-0.4, -0.2) is 44.3 Å². The van der Waals surface area contributed by atoms with E-state index in [2.05, 4.69) is 22.5 Å². The van der Waals surface area contributed by atoms with Crippen molar-refractivity contribution in [3.63, 3.8) is 0 Å². The molecular weight excluding hydrogens is 498 g/mol. The maximum Gasteiger partial charge on any atom is 0.226 e. The van der Waals surface area contributed by atoms with Crippen LogP contribution >= 0.6 is 24.0 Å². The second-order valence-electron chi connectivity index (χ2n) is 7.62. The fraction of sp³-hybridized carbons (Fsp3) is 0.545. The molecule has 0 bridgehead atoms. The number of halogens is 2. The Balaban J connectivity index is 0.00000320. The fourth-order valence-corrected chi connectivity index (χ4v) is 3.53. The van der Waals surface area contributed by atoms with Crippen molar-refractivity contribution in [2.24, 2.45) is 10.4 Å². The number of rotatable bonds is 10. The van der Waals surface area contributed by atoms with Crippen LogP contribution in [0.1, 0.15) is 38.3 Å². The number of nitrogens with one attached hydrogen (secondary N) is 2. The zero-order chi connectivity index (χ0) is 20.5. The van der Waals surface area contributed by atoms with Gasteiger partial charge >= 0.3 is 0 Å². The molecule has 1 aliphatic carbocycles. The van der Waals surface area contributed by atoms with Crippen LogP contribution in [0.15, 0.2) is 39.9 Å². The van der Waals surface area contributed by atoms with Gasteiger partial charge in [0.15, 0.2) is 5.96 Å². The van der Waals surface area contributed by atoms with Crippen LogP contribution in [0.4, 0.5) is 4.39 Å². The summed E-state index contributed by atoms with van der Waals surface area (Å²) in [5.41, 5.74) is 1.92. The number of nitrogens with zero attached hydrogens (tertiary/aromatic N) is 2. The molecule has 0 amide bonds. The first-order chi connectivity index (χ1) is 14.1. The molecule has 1 heterocycles. The first-order valence-corrected chi connectivity index (χ1v) is 10.4. The minimum atomic E-state index is -0.272. The van der Waals surface area contributed by atoms with Crippen molar-refractivity contribution in [1.29, 1.82) is 0 Å². The number of aromatic nitrogens is 1. The molecule has 3 rings (SSSR count). The lowest BCUT2D eigenvalue weighted by molar-refractivity contribution is 0.0778.